The molecule has 6 heteroatoms. The maximum atomic E-state index is 11.1. The van der Waals surface area contributed by atoms with Gasteiger partial charge in [-0.1, -0.05) is 6.07 Å². The third-order valence-electron chi connectivity index (χ3n) is 3.59. The molecule has 1 aromatic rings. The number of nitro benzene ring substituents is 1. The highest BCUT2D eigenvalue weighted by atomic mass is 16.6. The molecule has 1 N–H and O–H groups in total. The van der Waals surface area contributed by atoms with Gasteiger partial charge >= 0.3 is 0 Å². The number of rotatable bonds is 4. The second-order valence-corrected chi connectivity index (χ2v) is 5.13. The smallest absolute Gasteiger partial charge is 0.292 e. The maximum absolute atomic E-state index is 11.1. The predicted octanol–water partition coefficient (Wildman–Crippen LogP) is 2.30. The van der Waals surface area contributed by atoms with Gasteiger partial charge in [0.2, 0.25) is 0 Å². The van der Waals surface area contributed by atoms with Gasteiger partial charge in [-0.05, 0) is 31.4 Å². The van der Waals surface area contributed by atoms with Gasteiger partial charge in [-0.3, -0.25) is 15.0 Å². The zero-order chi connectivity index (χ0) is 14.5. The highest BCUT2D eigenvalue weighted by Gasteiger charge is 2.21. The van der Waals surface area contributed by atoms with Gasteiger partial charge in [0.1, 0.15) is 5.69 Å². The summed E-state index contributed by atoms with van der Waals surface area (Å²) in [5.74, 6) is 0. The first-order valence-corrected chi connectivity index (χ1v) is 6.71. The first kappa shape index (κ1) is 14.3. The maximum Gasteiger partial charge on any atom is 0.292 e. The summed E-state index contributed by atoms with van der Waals surface area (Å²) < 4.78 is 0. The van der Waals surface area contributed by atoms with E-state index in [1.165, 1.54) is 0 Å². The first-order valence-electron chi connectivity index (χ1n) is 6.71. The van der Waals surface area contributed by atoms with Crippen molar-refractivity contribution in [2.45, 2.75) is 25.8 Å². The van der Waals surface area contributed by atoms with Crippen molar-refractivity contribution in [3.05, 3.63) is 33.9 Å². The number of nitriles is 1. The van der Waals surface area contributed by atoms with E-state index in [0.29, 0.717) is 12.2 Å². The fourth-order valence-corrected chi connectivity index (χ4v) is 2.47. The van der Waals surface area contributed by atoms with E-state index in [-0.39, 0.29) is 16.7 Å². The summed E-state index contributed by atoms with van der Waals surface area (Å²) in [4.78, 5) is 12.8. The number of aryl methyl sites for hydroxylation is 1. The lowest BCUT2D eigenvalue weighted by atomic mass is 10.0. The van der Waals surface area contributed by atoms with E-state index >= 15 is 0 Å². The van der Waals surface area contributed by atoms with E-state index in [0.717, 1.165) is 31.5 Å². The number of nitro groups is 1. The Balaban J connectivity index is 2.01. The van der Waals surface area contributed by atoms with Crippen LogP contribution in [0.2, 0.25) is 0 Å². The Bertz CT molecular complexity index is 530. The summed E-state index contributed by atoms with van der Waals surface area (Å²) in [7, 11) is 0. The Labute approximate surface area is 118 Å². The molecule has 0 amide bonds. The van der Waals surface area contributed by atoms with Crippen molar-refractivity contribution in [1.29, 1.82) is 5.26 Å². The van der Waals surface area contributed by atoms with Crippen LogP contribution in [0.15, 0.2) is 18.2 Å². The van der Waals surface area contributed by atoms with Crippen LogP contribution in [0.25, 0.3) is 0 Å². The molecule has 0 aliphatic carbocycles. The quantitative estimate of drug-likeness (QED) is 0.517. The van der Waals surface area contributed by atoms with Gasteiger partial charge in [-0.25, -0.2) is 0 Å². The van der Waals surface area contributed by atoms with Crippen LogP contribution in [0.5, 0.6) is 0 Å². The van der Waals surface area contributed by atoms with Crippen LogP contribution in [0.4, 0.5) is 11.4 Å². The lowest BCUT2D eigenvalue weighted by Gasteiger charge is -2.31. The topological polar surface area (TPSA) is 82.2 Å². The number of likely N-dealkylation sites (tertiary alicyclic amines) is 1. The third kappa shape index (κ3) is 3.45. The van der Waals surface area contributed by atoms with Crippen molar-refractivity contribution < 1.29 is 4.92 Å². The van der Waals surface area contributed by atoms with Crippen molar-refractivity contribution in [2.24, 2.45) is 0 Å². The first-order chi connectivity index (χ1) is 9.60. The van der Waals surface area contributed by atoms with Crippen LogP contribution in [-0.2, 0) is 0 Å². The summed E-state index contributed by atoms with van der Waals surface area (Å²) in [5, 5.41) is 23.0. The molecule has 0 bridgehead atoms. The highest BCUT2D eigenvalue weighted by molar-refractivity contribution is 5.63. The molecule has 0 atom stereocenters. The van der Waals surface area contributed by atoms with Crippen LogP contribution < -0.4 is 5.32 Å². The summed E-state index contributed by atoms with van der Waals surface area (Å²) in [5.41, 5.74) is 1.59. The number of piperidine rings is 1. The van der Waals surface area contributed by atoms with Gasteiger partial charge in [0.25, 0.3) is 5.69 Å². The van der Waals surface area contributed by atoms with E-state index in [4.69, 9.17) is 5.26 Å². The van der Waals surface area contributed by atoms with Crippen LogP contribution in [0.3, 0.4) is 0 Å². The molecule has 0 aromatic heterocycles. The summed E-state index contributed by atoms with van der Waals surface area (Å²) in [6, 6.07) is 7.62. The van der Waals surface area contributed by atoms with Crippen molar-refractivity contribution >= 4 is 11.4 Å². The Kier molecular flexibility index (Phi) is 4.53. The van der Waals surface area contributed by atoms with Crippen LogP contribution in [-0.4, -0.2) is 35.5 Å². The lowest BCUT2D eigenvalue weighted by Crippen LogP contribution is -2.39. The Morgan fingerprint density at radius 3 is 2.80 bits per heavy atom. The van der Waals surface area contributed by atoms with Crippen LogP contribution >= 0.6 is 0 Å². The number of hydrogen-bond donors (Lipinski definition) is 1. The summed E-state index contributed by atoms with van der Waals surface area (Å²) in [6.45, 7) is 4.00. The standard InChI is InChI=1S/C14H18N4O2/c1-11-2-3-13(14(10-11)18(19)20)16-12-4-7-17(8-5-12)9-6-15/h2-3,10,12,16H,4-5,7-9H2,1H3. The number of benzene rings is 1. The fourth-order valence-electron chi connectivity index (χ4n) is 2.47. The van der Waals surface area contributed by atoms with Crippen molar-refractivity contribution in [3.63, 3.8) is 0 Å². The molecule has 0 radical (unpaired) electrons. The molecule has 106 valence electrons. The zero-order valence-corrected chi connectivity index (χ0v) is 11.5. The van der Waals surface area contributed by atoms with Crippen molar-refractivity contribution in [2.75, 3.05) is 25.0 Å². The van der Waals surface area contributed by atoms with E-state index in [1.807, 2.05) is 13.0 Å². The average Bonchev–Trinajstić information content (AvgIpc) is 2.43. The molecule has 1 aliphatic rings. The normalized spacial score (nSPS) is 16.6. The molecular weight excluding hydrogens is 256 g/mol. The molecule has 1 aliphatic heterocycles. The van der Waals surface area contributed by atoms with E-state index < -0.39 is 0 Å². The van der Waals surface area contributed by atoms with Gasteiger partial charge in [0.05, 0.1) is 17.5 Å². The number of hydrogen-bond acceptors (Lipinski definition) is 5. The molecule has 1 aromatic carbocycles. The molecule has 0 spiro atoms. The Morgan fingerprint density at radius 1 is 1.50 bits per heavy atom. The SMILES string of the molecule is Cc1ccc(NC2CCN(CC#N)CC2)c([N+](=O)[O-])c1. The number of nitrogens with one attached hydrogen (secondary N) is 1. The van der Waals surface area contributed by atoms with Gasteiger partial charge < -0.3 is 5.32 Å². The predicted molar refractivity (Wildman–Crippen MR) is 76.5 cm³/mol. The van der Waals surface area contributed by atoms with E-state index in [2.05, 4.69) is 16.3 Å². The Morgan fingerprint density at radius 2 is 2.20 bits per heavy atom. The average molecular weight is 274 g/mol. The number of nitrogens with zero attached hydrogens (tertiary/aromatic N) is 3. The number of anilines is 1. The van der Waals surface area contributed by atoms with Crippen LogP contribution in [0, 0.1) is 28.4 Å². The van der Waals surface area contributed by atoms with Gasteiger partial charge in [0, 0.05) is 25.2 Å². The zero-order valence-electron chi connectivity index (χ0n) is 11.5. The Hall–Kier alpha value is -2.13. The lowest BCUT2D eigenvalue weighted by molar-refractivity contribution is -0.384. The summed E-state index contributed by atoms with van der Waals surface area (Å²) in [6.07, 6.45) is 1.79. The monoisotopic (exact) mass is 274 g/mol. The molecule has 20 heavy (non-hydrogen) atoms. The summed E-state index contributed by atoms with van der Waals surface area (Å²) >= 11 is 0. The molecule has 0 unspecified atom stereocenters. The van der Waals surface area contributed by atoms with Crippen molar-refractivity contribution in [1.82, 2.24) is 4.90 Å². The fraction of sp³-hybridized carbons (Fsp3) is 0.500. The molecule has 0 saturated carbocycles. The second-order valence-electron chi connectivity index (χ2n) is 5.13. The molecule has 1 fully saturated rings. The highest BCUT2D eigenvalue weighted by Crippen LogP contribution is 2.27. The molecule has 1 heterocycles. The third-order valence-corrected chi connectivity index (χ3v) is 3.59. The van der Waals surface area contributed by atoms with E-state index in [9.17, 15) is 10.1 Å². The minimum Gasteiger partial charge on any atom is -0.377 e. The minimum absolute atomic E-state index is 0.129. The van der Waals surface area contributed by atoms with Gasteiger partial charge in [-0.15, -0.1) is 0 Å². The molecule has 6 nitrogen and oxygen atoms in total. The minimum atomic E-state index is -0.347. The van der Waals surface area contributed by atoms with Crippen LogP contribution in [0.1, 0.15) is 18.4 Å². The largest absolute Gasteiger partial charge is 0.377 e. The van der Waals surface area contributed by atoms with Gasteiger partial charge in [0.15, 0.2) is 0 Å². The molecular formula is C14H18N4O2. The molecule has 1 saturated heterocycles. The van der Waals surface area contributed by atoms with Gasteiger partial charge in [-0.2, -0.15) is 5.26 Å². The van der Waals surface area contributed by atoms with Crippen molar-refractivity contribution in [3.8, 4) is 6.07 Å². The molecule has 2 rings (SSSR count). The van der Waals surface area contributed by atoms with E-state index in [1.54, 1.807) is 12.1 Å². The second kappa shape index (κ2) is 6.35.